The maximum atomic E-state index is 12.2. The summed E-state index contributed by atoms with van der Waals surface area (Å²) in [6.45, 7) is 2.15. The van der Waals surface area contributed by atoms with E-state index >= 15 is 0 Å². The number of hydrogen-bond acceptors (Lipinski definition) is 1. The van der Waals surface area contributed by atoms with Crippen molar-refractivity contribution >= 4 is 5.91 Å². The first kappa shape index (κ1) is 14.1. The van der Waals surface area contributed by atoms with Gasteiger partial charge in [0.05, 0.1) is 0 Å². The van der Waals surface area contributed by atoms with E-state index in [9.17, 15) is 4.79 Å². The molecule has 1 aliphatic rings. The van der Waals surface area contributed by atoms with E-state index in [1.165, 1.54) is 24.8 Å². The van der Waals surface area contributed by atoms with Gasteiger partial charge in [-0.05, 0) is 31.2 Å². The summed E-state index contributed by atoms with van der Waals surface area (Å²) < 4.78 is 0. The van der Waals surface area contributed by atoms with Gasteiger partial charge in [0, 0.05) is 12.0 Å². The SMILES string of the molecule is CCC(Cc1ccccc1)NC(=O)C1CCCCC1. The lowest BCUT2D eigenvalue weighted by Gasteiger charge is -2.24. The van der Waals surface area contributed by atoms with Crippen LogP contribution in [0.2, 0.25) is 0 Å². The van der Waals surface area contributed by atoms with E-state index in [1.54, 1.807) is 0 Å². The van der Waals surface area contributed by atoms with E-state index in [2.05, 4.69) is 36.5 Å². The van der Waals surface area contributed by atoms with Gasteiger partial charge in [0.1, 0.15) is 0 Å². The van der Waals surface area contributed by atoms with Crippen LogP contribution < -0.4 is 5.32 Å². The van der Waals surface area contributed by atoms with Crippen molar-refractivity contribution in [1.29, 1.82) is 0 Å². The summed E-state index contributed by atoms with van der Waals surface area (Å²) in [4.78, 5) is 12.2. The number of carbonyl (C=O) groups excluding carboxylic acids is 1. The Morgan fingerprint density at radius 3 is 2.53 bits per heavy atom. The average molecular weight is 259 g/mol. The average Bonchev–Trinajstić information content (AvgIpc) is 2.48. The highest BCUT2D eigenvalue weighted by atomic mass is 16.1. The molecule has 1 unspecified atom stereocenters. The molecule has 1 N–H and O–H groups in total. The highest BCUT2D eigenvalue weighted by Gasteiger charge is 2.22. The summed E-state index contributed by atoms with van der Waals surface area (Å²) in [6, 6.07) is 10.7. The van der Waals surface area contributed by atoms with Crippen LogP contribution in [0.25, 0.3) is 0 Å². The molecule has 0 spiro atoms. The first-order chi connectivity index (χ1) is 9.29. The van der Waals surface area contributed by atoms with Crippen molar-refractivity contribution in [3.63, 3.8) is 0 Å². The molecule has 2 rings (SSSR count). The van der Waals surface area contributed by atoms with Crippen LogP contribution in [0.3, 0.4) is 0 Å². The van der Waals surface area contributed by atoms with Gasteiger partial charge in [0.15, 0.2) is 0 Å². The Balaban J connectivity index is 1.86. The Hall–Kier alpha value is -1.31. The molecule has 0 aromatic heterocycles. The second-order valence-corrected chi connectivity index (χ2v) is 5.64. The van der Waals surface area contributed by atoms with Gasteiger partial charge in [-0.15, -0.1) is 0 Å². The third-order valence-electron chi connectivity index (χ3n) is 4.14. The highest BCUT2D eigenvalue weighted by Crippen LogP contribution is 2.24. The molecule has 19 heavy (non-hydrogen) atoms. The van der Waals surface area contributed by atoms with Crippen molar-refractivity contribution < 1.29 is 4.79 Å². The van der Waals surface area contributed by atoms with Crippen LogP contribution in [0.15, 0.2) is 30.3 Å². The van der Waals surface area contributed by atoms with Crippen LogP contribution in [0.5, 0.6) is 0 Å². The van der Waals surface area contributed by atoms with E-state index in [0.717, 1.165) is 25.7 Å². The Kier molecular flexibility index (Phi) is 5.44. The predicted octanol–water partition coefficient (Wildman–Crippen LogP) is 3.70. The molecule has 1 atom stereocenters. The van der Waals surface area contributed by atoms with Gasteiger partial charge in [-0.3, -0.25) is 4.79 Å². The van der Waals surface area contributed by atoms with Crippen LogP contribution in [-0.4, -0.2) is 11.9 Å². The van der Waals surface area contributed by atoms with Crippen molar-refractivity contribution in [2.24, 2.45) is 5.92 Å². The lowest BCUT2D eigenvalue weighted by molar-refractivity contribution is -0.126. The Morgan fingerprint density at radius 1 is 1.21 bits per heavy atom. The summed E-state index contributed by atoms with van der Waals surface area (Å²) in [6.07, 6.45) is 7.82. The minimum atomic E-state index is 0.263. The van der Waals surface area contributed by atoms with Crippen LogP contribution in [0.1, 0.15) is 51.0 Å². The van der Waals surface area contributed by atoms with Gasteiger partial charge in [0.25, 0.3) is 0 Å². The molecule has 0 radical (unpaired) electrons. The molecule has 1 fully saturated rings. The minimum Gasteiger partial charge on any atom is -0.353 e. The zero-order chi connectivity index (χ0) is 13.5. The number of rotatable bonds is 5. The first-order valence-electron chi connectivity index (χ1n) is 7.64. The Morgan fingerprint density at radius 2 is 1.89 bits per heavy atom. The summed E-state index contributed by atoms with van der Waals surface area (Å²) in [7, 11) is 0. The number of hydrogen-bond donors (Lipinski definition) is 1. The number of benzene rings is 1. The maximum absolute atomic E-state index is 12.2. The molecule has 0 bridgehead atoms. The van der Waals surface area contributed by atoms with Crippen molar-refractivity contribution in [3.05, 3.63) is 35.9 Å². The molecule has 1 saturated carbocycles. The third-order valence-corrected chi connectivity index (χ3v) is 4.14. The maximum Gasteiger partial charge on any atom is 0.223 e. The van der Waals surface area contributed by atoms with E-state index in [0.29, 0.717) is 0 Å². The largest absolute Gasteiger partial charge is 0.353 e. The van der Waals surface area contributed by atoms with E-state index < -0.39 is 0 Å². The van der Waals surface area contributed by atoms with Crippen molar-refractivity contribution in [3.8, 4) is 0 Å². The molecule has 2 heteroatoms. The monoisotopic (exact) mass is 259 g/mol. The number of nitrogens with one attached hydrogen (secondary N) is 1. The minimum absolute atomic E-state index is 0.263. The highest BCUT2D eigenvalue weighted by molar-refractivity contribution is 5.79. The van der Waals surface area contributed by atoms with Crippen LogP contribution >= 0.6 is 0 Å². The summed E-state index contributed by atoms with van der Waals surface area (Å²) in [5.74, 6) is 0.543. The zero-order valence-electron chi connectivity index (χ0n) is 11.9. The summed E-state index contributed by atoms with van der Waals surface area (Å²) in [5.41, 5.74) is 1.30. The van der Waals surface area contributed by atoms with Crippen molar-refractivity contribution in [2.75, 3.05) is 0 Å². The van der Waals surface area contributed by atoms with Gasteiger partial charge < -0.3 is 5.32 Å². The molecular formula is C17H25NO. The van der Waals surface area contributed by atoms with Crippen molar-refractivity contribution in [2.45, 2.75) is 57.9 Å². The molecule has 104 valence electrons. The molecular weight excluding hydrogens is 234 g/mol. The summed E-state index contributed by atoms with van der Waals surface area (Å²) in [5, 5.41) is 3.25. The number of amides is 1. The molecule has 0 saturated heterocycles. The second kappa shape index (κ2) is 7.32. The van der Waals surface area contributed by atoms with Gasteiger partial charge in [-0.1, -0.05) is 56.5 Å². The zero-order valence-corrected chi connectivity index (χ0v) is 11.9. The van der Waals surface area contributed by atoms with Gasteiger partial charge in [-0.2, -0.15) is 0 Å². The predicted molar refractivity (Wildman–Crippen MR) is 78.9 cm³/mol. The molecule has 0 aliphatic heterocycles. The molecule has 1 aliphatic carbocycles. The lowest BCUT2D eigenvalue weighted by Crippen LogP contribution is -2.40. The van der Waals surface area contributed by atoms with Crippen LogP contribution in [-0.2, 0) is 11.2 Å². The quantitative estimate of drug-likeness (QED) is 0.858. The van der Waals surface area contributed by atoms with E-state index in [-0.39, 0.29) is 17.9 Å². The Bertz CT molecular complexity index is 382. The molecule has 1 aromatic rings. The van der Waals surface area contributed by atoms with Gasteiger partial charge in [-0.25, -0.2) is 0 Å². The summed E-state index contributed by atoms with van der Waals surface area (Å²) >= 11 is 0. The first-order valence-corrected chi connectivity index (χ1v) is 7.64. The van der Waals surface area contributed by atoms with Crippen LogP contribution in [0, 0.1) is 5.92 Å². The molecule has 1 amide bonds. The normalized spacial score (nSPS) is 17.9. The standard InChI is InChI=1S/C17H25NO/c1-2-16(13-14-9-5-3-6-10-14)18-17(19)15-11-7-4-8-12-15/h3,5-6,9-10,15-16H,2,4,7-8,11-13H2,1H3,(H,18,19). The van der Waals surface area contributed by atoms with E-state index in [1.807, 2.05) is 6.07 Å². The smallest absolute Gasteiger partial charge is 0.223 e. The Labute approximate surface area is 116 Å². The molecule has 2 nitrogen and oxygen atoms in total. The van der Waals surface area contributed by atoms with E-state index in [4.69, 9.17) is 0 Å². The second-order valence-electron chi connectivity index (χ2n) is 5.64. The van der Waals surface area contributed by atoms with Crippen molar-refractivity contribution in [1.82, 2.24) is 5.32 Å². The fourth-order valence-corrected chi connectivity index (χ4v) is 2.88. The topological polar surface area (TPSA) is 29.1 Å². The van der Waals surface area contributed by atoms with Gasteiger partial charge in [0.2, 0.25) is 5.91 Å². The fourth-order valence-electron chi connectivity index (χ4n) is 2.88. The molecule has 0 heterocycles. The van der Waals surface area contributed by atoms with Crippen LogP contribution in [0.4, 0.5) is 0 Å². The fraction of sp³-hybridized carbons (Fsp3) is 0.588. The lowest BCUT2D eigenvalue weighted by atomic mass is 9.88. The molecule has 1 aromatic carbocycles. The number of carbonyl (C=O) groups is 1. The van der Waals surface area contributed by atoms with Gasteiger partial charge >= 0.3 is 0 Å². The third kappa shape index (κ3) is 4.38.